The van der Waals surface area contributed by atoms with E-state index in [1.807, 2.05) is 18.3 Å². The van der Waals surface area contributed by atoms with E-state index < -0.39 is 5.97 Å². The fourth-order valence-corrected chi connectivity index (χ4v) is 2.99. The molecule has 0 aliphatic carbocycles. The second-order valence-corrected chi connectivity index (χ2v) is 6.14. The number of esters is 1. The van der Waals surface area contributed by atoms with Crippen LogP contribution in [0.4, 0.5) is 0 Å². The highest BCUT2D eigenvalue weighted by Crippen LogP contribution is 2.18. The van der Waals surface area contributed by atoms with Gasteiger partial charge < -0.3 is 24.8 Å². The molecule has 3 aromatic rings. The molecule has 0 radical (unpaired) electrons. The molecule has 0 atom stereocenters. The van der Waals surface area contributed by atoms with Crippen LogP contribution in [0.25, 0.3) is 10.9 Å². The largest absolute Gasteiger partial charge is 0.465 e. The number of carbonyl (C=O) groups excluding carboxylic acids is 1. The molecule has 0 saturated carbocycles. The number of carbonyl (C=O) groups is 1. The number of fused-ring (bicyclic) bond motifs is 1. The molecule has 0 unspecified atom stereocenters. The van der Waals surface area contributed by atoms with E-state index in [0.717, 1.165) is 18.5 Å². The quantitative estimate of drug-likeness (QED) is 0.353. The van der Waals surface area contributed by atoms with Crippen molar-refractivity contribution in [1.29, 1.82) is 0 Å². The van der Waals surface area contributed by atoms with Crippen LogP contribution in [0, 0.1) is 6.92 Å². The number of hydrogen-bond donors (Lipinski definition) is 3. The molecule has 3 N–H and O–H groups in total. The van der Waals surface area contributed by atoms with Gasteiger partial charge in [0.15, 0.2) is 5.96 Å². The van der Waals surface area contributed by atoms with E-state index in [4.69, 9.17) is 9.15 Å². The first-order chi connectivity index (χ1) is 13.1. The van der Waals surface area contributed by atoms with Gasteiger partial charge in [-0.25, -0.2) is 4.79 Å². The molecule has 0 fully saturated rings. The van der Waals surface area contributed by atoms with Gasteiger partial charge in [0.2, 0.25) is 0 Å². The summed E-state index contributed by atoms with van der Waals surface area (Å²) < 4.78 is 10.3. The number of rotatable bonds is 6. The Balaban J connectivity index is 1.52. The zero-order valence-electron chi connectivity index (χ0n) is 15.8. The van der Waals surface area contributed by atoms with Gasteiger partial charge >= 0.3 is 5.97 Å². The third-order valence-corrected chi connectivity index (χ3v) is 4.39. The molecule has 142 valence electrons. The van der Waals surface area contributed by atoms with Crippen molar-refractivity contribution < 1.29 is 13.9 Å². The van der Waals surface area contributed by atoms with E-state index >= 15 is 0 Å². The monoisotopic (exact) mass is 368 g/mol. The first kappa shape index (κ1) is 18.6. The number of aliphatic imine (C=N–C) groups is 1. The molecule has 3 rings (SSSR count). The van der Waals surface area contributed by atoms with E-state index in [0.29, 0.717) is 29.6 Å². The van der Waals surface area contributed by atoms with Crippen molar-refractivity contribution in [3.05, 3.63) is 59.2 Å². The first-order valence-corrected chi connectivity index (χ1v) is 8.79. The smallest absolute Gasteiger partial charge is 0.341 e. The highest BCUT2D eigenvalue weighted by molar-refractivity contribution is 5.90. The Hall–Kier alpha value is -3.22. The van der Waals surface area contributed by atoms with Crippen molar-refractivity contribution in [3.63, 3.8) is 0 Å². The number of guanidine groups is 1. The molecule has 1 aromatic carbocycles. The van der Waals surface area contributed by atoms with E-state index in [1.165, 1.54) is 18.1 Å². The number of aryl methyl sites for hydroxylation is 1. The number of methoxy groups -OCH3 is 1. The Bertz CT molecular complexity index is 955. The van der Waals surface area contributed by atoms with Crippen LogP contribution in [-0.4, -0.2) is 37.6 Å². The molecule has 2 aromatic heterocycles. The van der Waals surface area contributed by atoms with Crippen LogP contribution < -0.4 is 10.6 Å². The lowest BCUT2D eigenvalue weighted by Gasteiger charge is -2.10. The third kappa shape index (κ3) is 4.31. The highest BCUT2D eigenvalue weighted by Gasteiger charge is 2.15. The SMILES string of the molecule is CN=C(NCCc1c[nH]c2ccccc12)NCc1cc(C(=O)OC)c(C)o1. The zero-order valence-corrected chi connectivity index (χ0v) is 15.8. The standard InChI is InChI=1S/C20H24N4O3/c1-13-17(19(25)26-3)10-15(27-13)12-24-20(21-2)22-9-8-14-11-23-18-7-5-4-6-16(14)18/h4-7,10-11,23H,8-9,12H2,1-3H3,(H2,21,22,24). The summed E-state index contributed by atoms with van der Waals surface area (Å²) in [6.45, 7) is 2.90. The lowest BCUT2D eigenvalue weighted by molar-refractivity contribution is 0.0599. The number of nitrogens with one attached hydrogen (secondary N) is 3. The minimum atomic E-state index is -0.399. The van der Waals surface area contributed by atoms with Gasteiger partial charge in [-0.05, 0) is 31.0 Å². The van der Waals surface area contributed by atoms with Crippen LogP contribution in [0.5, 0.6) is 0 Å². The highest BCUT2D eigenvalue weighted by atomic mass is 16.5. The van der Waals surface area contributed by atoms with Gasteiger partial charge in [0.1, 0.15) is 17.1 Å². The minimum absolute atomic E-state index is 0.399. The lowest BCUT2D eigenvalue weighted by atomic mass is 10.1. The minimum Gasteiger partial charge on any atom is -0.465 e. The van der Waals surface area contributed by atoms with Gasteiger partial charge in [-0.2, -0.15) is 0 Å². The number of para-hydroxylation sites is 1. The molecule has 7 nitrogen and oxygen atoms in total. The second kappa shape index (κ2) is 8.44. The molecule has 0 saturated heterocycles. The van der Waals surface area contributed by atoms with Crippen LogP contribution in [0.3, 0.4) is 0 Å². The van der Waals surface area contributed by atoms with Crippen LogP contribution >= 0.6 is 0 Å². The molecule has 2 heterocycles. The summed E-state index contributed by atoms with van der Waals surface area (Å²) in [6.07, 6.45) is 2.92. The Morgan fingerprint density at radius 3 is 2.89 bits per heavy atom. The van der Waals surface area contributed by atoms with Gasteiger partial charge in [-0.3, -0.25) is 4.99 Å². The Morgan fingerprint density at radius 2 is 2.11 bits per heavy atom. The fraction of sp³-hybridized carbons (Fsp3) is 0.300. The number of hydrogen-bond acceptors (Lipinski definition) is 4. The van der Waals surface area contributed by atoms with Gasteiger partial charge in [-0.1, -0.05) is 18.2 Å². The van der Waals surface area contributed by atoms with Crippen molar-refractivity contribution in [2.45, 2.75) is 19.9 Å². The lowest BCUT2D eigenvalue weighted by Crippen LogP contribution is -2.37. The van der Waals surface area contributed by atoms with Crippen molar-refractivity contribution >= 4 is 22.8 Å². The normalized spacial score (nSPS) is 11.6. The average Bonchev–Trinajstić information content (AvgIpc) is 3.27. The number of H-pyrrole nitrogens is 1. The van der Waals surface area contributed by atoms with Gasteiger partial charge in [0, 0.05) is 30.7 Å². The molecule has 0 aliphatic rings. The topological polar surface area (TPSA) is 91.7 Å². The van der Waals surface area contributed by atoms with Crippen LogP contribution in [0.2, 0.25) is 0 Å². The predicted molar refractivity (Wildman–Crippen MR) is 105 cm³/mol. The van der Waals surface area contributed by atoms with Crippen molar-refractivity contribution in [1.82, 2.24) is 15.6 Å². The van der Waals surface area contributed by atoms with E-state index in [1.54, 1.807) is 20.0 Å². The maximum Gasteiger partial charge on any atom is 0.341 e. The summed E-state index contributed by atoms with van der Waals surface area (Å²) in [5.41, 5.74) is 2.85. The first-order valence-electron chi connectivity index (χ1n) is 8.79. The summed E-state index contributed by atoms with van der Waals surface area (Å²) in [6, 6.07) is 9.94. The number of nitrogens with zero attached hydrogens (tertiary/aromatic N) is 1. The Labute approximate surface area is 157 Å². The number of benzene rings is 1. The molecule has 0 spiro atoms. The number of aromatic nitrogens is 1. The molecular formula is C20H24N4O3. The van der Waals surface area contributed by atoms with Crippen LogP contribution in [0.15, 0.2) is 45.9 Å². The van der Waals surface area contributed by atoms with E-state index in [9.17, 15) is 4.79 Å². The van der Waals surface area contributed by atoms with E-state index in [2.05, 4.69) is 32.7 Å². The molecular weight excluding hydrogens is 344 g/mol. The second-order valence-electron chi connectivity index (χ2n) is 6.14. The van der Waals surface area contributed by atoms with E-state index in [-0.39, 0.29) is 0 Å². The van der Waals surface area contributed by atoms with Gasteiger partial charge in [0.25, 0.3) is 0 Å². The van der Waals surface area contributed by atoms with Gasteiger partial charge in [-0.15, -0.1) is 0 Å². The summed E-state index contributed by atoms with van der Waals surface area (Å²) in [5, 5.41) is 7.71. The summed E-state index contributed by atoms with van der Waals surface area (Å²) in [5.74, 6) is 1.46. The number of aromatic amines is 1. The third-order valence-electron chi connectivity index (χ3n) is 4.39. The predicted octanol–water partition coefficient (Wildman–Crippen LogP) is 2.76. The van der Waals surface area contributed by atoms with Crippen LogP contribution in [-0.2, 0) is 17.7 Å². The average molecular weight is 368 g/mol. The van der Waals surface area contributed by atoms with Crippen molar-refractivity contribution in [3.8, 4) is 0 Å². The summed E-state index contributed by atoms with van der Waals surface area (Å²) in [7, 11) is 3.07. The molecule has 0 aliphatic heterocycles. The van der Waals surface area contributed by atoms with Crippen LogP contribution in [0.1, 0.15) is 27.4 Å². The summed E-state index contributed by atoms with van der Waals surface area (Å²) in [4.78, 5) is 19.2. The molecule has 27 heavy (non-hydrogen) atoms. The van der Waals surface area contributed by atoms with Crippen molar-refractivity contribution in [2.75, 3.05) is 20.7 Å². The number of furan rings is 1. The Morgan fingerprint density at radius 1 is 1.30 bits per heavy atom. The maximum atomic E-state index is 11.6. The zero-order chi connectivity index (χ0) is 19.2. The Kier molecular flexibility index (Phi) is 5.80. The summed E-state index contributed by atoms with van der Waals surface area (Å²) >= 11 is 0. The molecule has 0 bridgehead atoms. The van der Waals surface area contributed by atoms with Gasteiger partial charge in [0.05, 0.1) is 13.7 Å². The fourth-order valence-electron chi connectivity index (χ4n) is 2.99. The molecule has 7 heteroatoms. The maximum absolute atomic E-state index is 11.6. The molecule has 0 amide bonds. The number of ether oxygens (including phenoxy) is 1. The van der Waals surface area contributed by atoms with Crippen molar-refractivity contribution in [2.24, 2.45) is 4.99 Å².